The Morgan fingerprint density at radius 2 is 1.81 bits per heavy atom. The lowest BCUT2D eigenvalue weighted by atomic mass is 10.1. The highest BCUT2D eigenvalue weighted by Crippen LogP contribution is 2.19. The Hall–Kier alpha value is -2.89. The number of amides is 3. The summed E-state index contributed by atoms with van der Waals surface area (Å²) in [7, 11) is 0. The fourth-order valence-corrected chi connectivity index (χ4v) is 2.64. The van der Waals surface area contributed by atoms with Crippen LogP contribution in [-0.4, -0.2) is 24.0 Å². The largest absolute Gasteiger partial charge is 0.349 e. The van der Waals surface area contributed by atoms with Gasteiger partial charge in [-0.05, 0) is 62.1 Å². The van der Waals surface area contributed by atoms with Gasteiger partial charge in [0.25, 0.3) is 5.91 Å². The SMILES string of the molecule is CC(Cc1ccccc1F)NC(=O)c1ccc(NC(=O)NC2CC2)cc1. The minimum atomic E-state index is -0.270. The number of anilines is 1. The van der Waals surface area contributed by atoms with Crippen molar-refractivity contribution in [2.45, 2.75) is 38.3 Å². The van der Waals surface area contributed by atoms with Crippen LogP contribution in [0.15, 0.2) is 48.5 Å². The quantitative estimate of drug-likeness (QED) is 0.742. The van der Waals surface area contributed by atoms with Crippen LogP contribution in [0.5, 0.6) is 0 Å². The molecule has 1 aliphatic rings. The molecule has 2 aromatic carbocycles. The third kappa shape index (κ3) is 5.05. The number of hydrogen-bond acceptors (Lipinski definition) is 2. The molecule has 26 heavy (non-hydrogen) atoms. The Labute approximate surface area is 152 Å². The van der Waals surface area contributed by atoms with Crippen LogP contribution in [0.3, 0.4) is 0 Å². The molecule has 1 aliphatic carbocycles. The fourth-order valence-electron chi connectivity index (χ4n) is 2.64. The average Bonchev–Trinajstić information content (AvgIpc) is 3.41. The highest BCUT2D eigenvalue weighted by atomic mass is 19.1. The summed E-state index contributed by atoms with van der Waals surface area (Å²) in [6.45, 7) is 1.84. The van der Waals surface area contributed by atoms with Gasteiger partial charge in [-0.1, -0.05) is 18.2 Å². The molecule has 3 rings (SSSR count). The molecule has 0 bridgehead atoms. The molecule has 2 aromatic rings. The number of urea groups is 1. The number of carbonyl (C=O) groups excluding carboxylic acids is 2. The maximum Gasteiger partial charge on any atom is 0.319 e. The monoisotopic (exact) mass is 355 g/mol. The zero-order valence-corrected chi connectivity index (χ0v) is 14.6. The summed E-state index contributed by atoms with van der Waals surface area (Å²) in [6, 6.07) is 13.1. The molecule has 0 spiro atoms. The molecule has 1 saturated carbocycles. The third-order valence-corrected chi connectivity index (χ3v) is 4.18. The zero-order valence-electron chi connectivity index (χ0n) is 14.6. The minimum Gasteiger partial charge on any atom is -0.349 e. The summed E-state index contributed by atoms with van der Waals surface area (Å²) in [6.07, 6.45) is 2.47. The van der Waals surface area contributed by atoms with Gasteiger partial charge in [0.15, 0.2) is 0 Å². The van der Waals surface area contributed by atoms with Gasteiger partial charge >= 0.3 is 6.03 Å². The van der Waals surface area contributed by atoms with Crippen LogP contribution in [0.2, 0.25) is 0 Å². The average molecular weight is 355 g/mol. The van der Waals surface area contributed by atoms with E-state index < -0.39 is 0 Å². The molecule has 1 unspecified atom stereocenters. The van der Waals surface area contributed by atoms with E-state index in [2.05, 4.69) is 16.0 Å². The lowest BCUT2D eigenvalue weighted by Gasteiger charge is -2.15. The molecule has 3 amide bonds. The van der Waals surface area contributed by atoms with E-state index >= 15 is 0 Å². The van der Waals surface area contributed by atoms with Crippen molar-refractivity contribution >= 4 is 17.6 Å². The first kappa shape index (κ1) is 17.9. The molecule has 1 fully saturated rings. The predicted octanol–water partition coefficient (Wildman–Crippen LogP) is 3.47. The fraction of sp³-hybridized carbons (Fsp3) is 0.300. The summed E-state index contributed by atoms with van der Waals surface area (Å²) < 4.78 is 13.7. The molecule has 0 heterocycles. The molecule has 0 aromatic heterocycles. The molecule has 5 nitrogen and oxygen atoms in total. The van der Waals surface area contributed by atoms with E-state index in [0.29, 0.717) is 23.2 Å². The van der Waals surface area contributed by atoms with Gasteiger partial charge in [0.05, 0.1) is 0 Å². The normalized spacial score (nSPS) is 14.4. The van der Waals surface area contributed by atoms with Crippen molar-refractivity contribution in [2.24, 2.45) is 0 Å². The molecule has 6 heteroatoms. The molecule has 0 radical (unpaired) electrons. The van der Waals surface area contributed by atoms with Crippen molar-refractivity contribution in [3.8, 4) is 0 Å². The smallest absolute Gasteiger partial charge is 0.319 e. The van der Waals surface area contributed by atoms with Crippen LogP contribution < -0.4 is 16.0 Å². The van der Waals surface area contributed by atoms with E-state index in [-0.39, 0.29) is 29.8 Å². The van der Waals surface area contributed by atoms with Crippen molar-refractivity contribution < 1.29 is 14.0 Å². The first-order valence-electron chi connectivity index (χ1n) is 8.73. The Kier molecular flexibility index (Phi) is 5.51. The number of hydrogen-bond donors (Lipinski definition) is 3. The van der Waals surface area contributed by atoms with Crippen molar-refractivity contribution in [3.63, 3.8) is 0 Å². The van der Waals surface area contributed by atoms with Gasteiger partial charge in [-0.25, -0.2) is 9.18 Å². The van der Waals surface area contributed by atoms with E-state index in [1.54, 1.807) is 42.5 Å². The molecule has 136 valence electrons. The van der Waals surface area contributed by atoms with Crippen LogP contribution in [-0.2, 0) is 6.42 Å². The summed E-state index contributed by atoms with van der Waals surface area (Å²) in [5, 5.41) is 8.43. The molecular formula is C20H22FN3O2. The second kappa shape index (κ2) is 7.99. The van der Waals surface area contributed by atoms with Gasteiger partial charge in [0.1, 0.15) is 5.82 Å². The maximum absolute atomic E-state index is 13.7. The van der Waals surface area contributed by atoms with Crippen LogP contribution in [0, 0.1) is 5.82 Å². The summed E-state index contributed by atoms with van der Waals surface area (Å²) in [5.41, 5.74) is 1.68. The predicted molar refractivity (Wildman–Crippen MR) is 98.7 cm³/mol. The Morgan fingerprint density at radius 3 is 2.46 bits per heavy atom. The van der Waals surface area contributed by atoms with Gasteiger partial charge in [0, 0.05) is 23.3 Å². The molecule has 0 aliphatic heterocycles. The van der Waals surface area contributed by atoms with Gasteiger partial charge in [0.2, 0.25) is 0 Å². The minimum absolute atomic E-state index is 0.207. The summed E-state index contributed by atoms with van der Waals surface area (Å²) in [4.78, 5) is 24.0. The van der Waals surface area contributed by atoms with Crippen LogP contribution in [0.4, 0.5) is 14.9 Å². The first-order chi connectivity index (χ1) is 12.5. The Balaban J connectivity index is 1.52. The Bertz CT molecular complexity index is 788. The molecule has 0 saturated heterocycles. The van der Waals surface area contributed by atoms with Crippen molar-refractivity contribution in [1.29, 1.82) is 0 Å². The van der Waals surface area contributed by atoms with Crippen LogP contribution in [0.25, 0.3) is 0 Å². The van der Waals surface area contributed by atoms with Gasteiger partial charge in [-0.15, -0.1) is 0 Å². The number of benzene rings is 2. The first-order valence-corrected chi connectivity index (χ1v) is 8.73. The second-order valence-electron chi connectivity index (χ2n) is 6.62. The lowest BCUT2D eigenvalue weighted by molar-refractivity contribution is 0.0940. The van der Waals surface area contributed by atoms with E-state index in [1.807, 2.05) is 6.92 Å². The van der Waals surface area contributed by atoms with E-state index in [4.69, 9.17) is 0 Å². The number of carbonyl (C=O) groups is 2. The molecular weight excluding hydrogens is 333 g/mol. The number of nitrogens with one attached hydrogen (secondary N) is 3. The van der Waals surface area contributed by atoms with Crippen LogP contribution >= 0.6 is 0 Å². The third-order valence-electron chi connectivity index (χ3n) is 4.18. The standard InChI is InChI=1S/C20H22FN3O2/c1-13(12-15-4-2-3-5-18(15)21)22-19(25)14-6-8-16(9-7-14)23-20(26)24-17-10-11-17/h2-9,13,17H,10-12H2,1H3,(H,22,25)(H2,23,24,26). The molecule has 1 atom stereocenters. The summed E-state index contributed by atoms with van der Waals surface area (Å²) in [5.74, 6) is -0.503. The zero-order chi connectivity index (χ0) is 18.5. The highest BCUT2D eigenvalue weighted by molar-refractivity contribution is 5.95. The highest BCUT2D eigenvalue weighted by Gasteiger charge is 2.23. The van der Waals surface area contributed by atoms with Gasteiger partial charge < -0.3 is 16.0 Å². The van der Waals surface area contributed by atoms with E-state index in [1.165, 1.54) is 6.07 Å². The number of rotatable bonds is 6. The van der Waals surface area contributed by atoms with Crippen LogP contribution in [0.1, 0.15) is 35.7 Å². The molecule has 3 N–H and O–H groups in total. The van der Waals surface area contributed by atoms with Gasteiger partial charge in [-0.2, -0.15) is 0 Å². The summed E-state index contributed by atoms with van der Waals surface area (Å²) >= 11 is 0. The second-order valence-corrected chi connectivity index (χ2v) is 6.62. The van der Waals surface area contributed by atoms with E-state index in [9.17, 15) is 14.0 Å². The Morgan fingerprint density at radius 1 is 1.12 bits per heavy atom. The topological polar surface area (TPSA) is 70.2 Å². The van der Waals surface area contributed by atoms with Gasteiger partial charge in [-0.3, -0.25) is 4.79 Å². The van der Waals surface area contributed by atoms with Crippen molar-refractivity contribution in [3.05, 3.63) is 65.5 Å². The van der Waals surface area contributed by atoms with E-state index in [0.717, 1.165) is 12.8 Å². The van der Waals surface area contributed by atoms with Crippen molar-refractivity contribution in [1.82, 2.24) is 10.6 Å². The van der Waals surface area contributed by atoms with Crippen molar-refractivity contribution in [2.75, 3.05) is 5.32 Å². The lowest BCUT2D eigenvalue weighted by Crippen LogP contribution is -2.34. The maximum atomic E-state index is 13.7. The number of halogens is 1.